The number of amides is 2. The molecule has 0 aliphatic rings. The van der Waals surface area contributed by atoms with Gasteiger partial charge in [-0.25, -0.2) is 8.42 Å². The highest BCUT2D eigenvalue weighted by molar-refractivity contribution is 7.92. The van der Waals surface area contributed by atoms with Gasteiger partial charge in [0.25, 0.3) is 15.7 Å². The number of nitro groups is 1. The van der Waals surface area contributed by atoms with Crippen LogP contribution in [0, 0.1) is 10.1 Å². The Morgan fingerprint density at radius 1 is 0.927 bits per heavy atom. The average molecular weight is 581 g/mol. The third-order valence-electron chi connectivity index (χ3n) is 6.81. The standard InChI is InChI=1S/C30H36N4O6S/c1-4-23(3)31-30(36)28(5-2)32(20-19-24-13-8-6-9-14-24)29(35)22-33(25-15-12-16-26(21-25)34(37)38)41(39,40)27-17-10-7-11-18-27/h6-18,21,23,28H,4-5,19-20,22H2,1-3H3,(H,31,36)/t23-,28+/m1/s1. The molecule has 0 heterocycles. The average Bonchev–Trinajstić information content (AvgIpc) is 2.98. The Bertz CT molecular complexity index is 1430. The number of carbonyl (C=O) groups is 2. The summed E-state index contributed by atoms with van der Waals surface area (Å²) in [4.78, 5) is 39.5. The van der Waals surface area contributed by atoms with Crippen LogP contribution in [0.3, 0.4) is 0 Å². The van der Waals surface area contributed by atoms with Crippen molar-refractivity contribution in [3.63, 3.8) is 0 Å². The fraction of sp³-hybridized carbons (Fsp3) is 0.333. The summed E-state index contributed by atoms with van der Waals surface area (Å²) in [6.45, 7) is 5.12. The van der Waals surface area contributed by atoms with Crippen molar-refractivity contribution in [3.8, 4) is 0 Å². The first-order chi connectivity index (χ1) is 19.6. The number of hydrogen-bond acceptors (Lipinski definition) is 6. The lowest BCUT2D eigenvalue weighted by Gasteiger charge is -2.33. The minimum absolute atomic E-state index is 0.0310. The van der Waals surface area contributed by atoms with Crippen molar-refractivity contribution < 1.29 is 22.9 Å². The second-order valence-electron chi connectivity index (χ2n) is 9.67. The summed E-state index contributed by atoms with van der Waals surface area (Å²) >= 11 is 0. The molecule has 0 aromatic heterocycles. The van der Waals surface area contributed by atoms with Gasteiger partial charge in [-0.1, -0.05) is 68.4 Å². The number of benzene rings is 3. The molecule has 0 saturated heterocycles. The van der Waals surface area contributed by atoms with Crippen LogP contribution in [0.1, 0.15) is 39.2 Å². The molecule has 3 rings (SSSR count). The molecule has 2 amide bonds. The molecule has 11 heteroatoms. The fourth-order valence-corrected chi connectivity index (χ4v) is 5.77. The van der Waals surface area contributed by atoms with Gasteiger partial charge in [-0.2, -0.15) is 0 Å². The number of rotatable bonds is 14. The highest BCUT2D eigenvalue weighted by Gasteiger charge is 2.34. The van der Waals surface area contributed by atoms with Crippen LogP contribution in [-0.2, 0) is 26.0 Å². The molecule has 41 heavy (non-hydrogen) atoms. The number of nitrogens with one attached hydrogen (secondary N) is 1. The summed E-state index contributed by atoms with van der Waals surface area (Å²) in [5.41, 5.74) is 0.606. The Morgan fingerprint density at radius 3 is 2.15 bits per heavy atom. The number of hydrogen-bond donors (Lipinski definition) is 1. The van der Waals surface area contributed by atoms with Crippen molar-refractivity contribution in [1.82, 2.24) is 10.2 Å². The molecule has 0 aliphatic heterocycles. The van der Waals surface area contributed by atoms with Crippen molar-refractivity contribution in [1.29, 1.82) is 0 Å². The van der Waals surface area contributed by atoms with E-state index in [0.717, 1.165) is 15.9 Å². The summed E-state index contributed by atoms with van der Waals surface area (Å²) < 4.78 is 28.5. The number of non-ortho nitro benzene ring substituents is 1. The van der Waals surface area contributed by atoms with Crippen molar-refractivity contribution in [2.45, 2.75) is 57.0 Å². The Morgan fingerprint density at radius 2 is 1.56 bits per heavy atom. The minimum Gasteiger partial charge on any atom is -0.352 e. The normalized spacial score (nSPS) is 12.7. The zero-order valence-electron chi connectivity index (χ0n) is 23.5. The fourth-order valence-electron chi connectivity index (χ4n) is 4.35. The van der Waals surface area contributed by atoms with Gasteiger partial charge in [-0.3, -0.25) is 24.0 Å². The number of anilines is 1. The van der Waals surface area contributed by atoms with Crippen molar-refractivity contribution in [3.05, 3.63) is 101 Å². The number of nitro benzene ring substituents is 1. The lowest BCUT2D eigenvalue weighted by molar-refractivity contribution is -0.384. The molecular weight excluding hydrogens is 544 g/mol. The Kier molecular flexibility index (Phi) is 11.0. The predicted octanol–water partition coefficient (Wildman–Crippen LogP) is 4.55. The van der Waals surface area contributed by atoms with Crippen LogP contribution in [-0.4, -0.2) is 55.2 Å². The van der Waals surface area contributed by atoms with E-state index in [1.54, 1.807) is 25.1 Å². The maximum Gasteiger partial charge on any atom is 0.271 e. The van der Waals surface area contributed by atoms with Crippen molar-refractivity contribution in [2.75, 3.05) is 17.4 Å². The molecule has 2 atom stereocenters. The van der Waals surface area contributed by atoms with E-state index in [0.29, 0.717) is 19.3 Å². The number of carbonyl (C=O) groups excluding carboxylic acids is 2. The first kappa shape index (κ1) is 31.3. The molecule has 0 saturated carbocycles. The quantitative estimate of drug-likeness (QED) is 0.220. The molecule has 0 unspecified atom stereocenters. The molecule has 218 valence electrons. The van der Waals surface area contributed by atoms with E-state index >= 15 is 0 Å². The van der Waals surface area contributed by atoms with Crippen LogP contribution in [0.15, 0.2) is 89.8 Å². The molecule has 10 nitrogen and oxygen atoms in total. The molecule has 3 aromatic carbocycles. The van der Waals surface area contributed by atoms with Crippen LogP contribution in [0.2, 0.25) is 0 Å². The topological polar surface area (TPSA) is 130 Å². The van der Waals surface area contributed by atoms with Gasteiger partial charge in [0.1, 0.15) is 12.6 Å². The van der Waals surface area contributed by atoms with E-state index in [1.807, 2.05) is 44.2 Å². The molecule has 0 spiro atoms. The van der Waals surface area contributed by atoms with Gasteiger partial charge in [0, 0.05) is 24.7 Å². The molecule has 0 bridgehead atoms. The Hall–Kier alpha value is -4.25. The maximum atomic E-state index is 14.0. The van der Waals surface area contributed by atoms with Crippen molar-refractivity contribution in [2.24, 2.45) is 0 Å². The van der Waals surface area contributed by atoms with Crippen LogP contribution in [0.5, 0.6) is 0 Å². The summed E-state index contributed by atoms with van der Waals surface area (Å²) in [7, 11) is -4.31. The first-order valence-electron chi connectivity index (χ1n) is 13.5. The summed E-state index contributed by atoms with van der Waals surface area (Å²) in [6, 6.07) is 21.2. The molecular formula is C30H36N4O6S. The second kappa shape index (κ2) is 14.4. The smallest absolute Gasteiger partial charge is 0.271 e. The molecule has 0 radical (unpaired) electrons. The highest BCUT2D eigenvalue weighted by atomic mass is 32.2. The van der Waals surface area contributed by atoms with Gasteiger partial charge in [-0.05, 0) is 49.9 Å². The first-order valence-corrected chi connectivity index (χ1v) is 15.0. The zero-order chi connectivity index (χ0) is 30.0. The van der Waals surface area contributed by atoms with Crippen molar-refractivity contribution >= 4 is 33.2 Å². The lowest BCUT2D eigenvalue weighted by atomic mass is 10.1. The van der Waals surface area contributed by atoms with Gasteiger partial charge in [0.15, 0.2) is 0 Å². The monoisotopic (exact) mass is 580 g/mol. The summed E-state index contributed by atoms with van der Waals surface area (Å²) in [6.07, 6.45) is 1.46. The predicted molar refractivity (Wildman–Crippen MR) is 158 cm³/mol. The van der Waals surface area contributed by atoms with E-state index in [4.69, 9.17) is 0 Å². The van der Waals surface area contributed by atoms with Gasteiger partial charge in [-0.15, -0.1) is 0 Å². The minimum atomic E-state index is -4.31. The number of sulfonamides is 1. The Labute approximate surface area is 241 Å². The van der Waals surface area contributed by atoms with Gasteiger partial charge in [0.05, 0.1) is 15.5 Å². The number of nitrogens with zero attached hydrogens (tertiary/aromatic N) is 3. The molecule has 0 aliphatic carbocycles. The van der Waals surface area contributed by atoms with E-state index in [1.165, 1.54) is 35.2 Å². The molecule has 1 N–H and O–H groups in total. The summed E-state index contributed by atoms with van der Waals surface area (Å²) in [5.74, 6) is -0.922. The highest BCUT2D eigenvalue weighted by Crippen LogP contribution is 2.27. The van der Waals surface area contributed by atoms with Gasteiger partial charge < -0.3 is 10.2 Å². The molecule has 0 fully saturated rings. The molecule has 3 aromatic rings. The van der Waals surface area contributed by atoms with E-state index in [-0.39, 0.29) is 34.8 Å². The third kappa shape index (κ3) is 8.14. The zero-order valence-corrected chi connectivity index (χ0v) is 24.3. The third-order valence-corrected chi connectivity index (χ3v) is 8.60. The Balaban J connectivity index is 2.04. The lowest BCUT2D eigenvalue weighted by Crippen LogP contribution is -2.54. The van der Waals surface area contributed by atoms with Gasteiger partial charge >= 0.3 is 0 Å². The summed E-state index contributed by atoms with van der Waals surface area (Å²) in [5, 5.41) is 14.4. The van der Waals surface area contributed by atoms with Crippen LogP contribution in [0.25, 0.3) is 0 Å². The van der Waals surface area contributed by atoms with Crippen LogP contribution >= 0.6 is 0 Å². The van der Waals surface area contributed by atoms with Crippen LogP contribution in [0.4, 0.5) is 11.4 Å². The van der Waals surface area contributed by atoms with E-state index in [9.17, 15) is 28.1 Å². The SMILES string of the molecule is CC[C@@H](C)NC(=O)[C@H](CC)N(CCc1ccccc1)C(=O)CN(c1cccc([N+](=O)[O-])c1)S(=O)(=O)c1ccccc1. The van der Waals surface area contributed by atoms with E-state index < -0.39 is 33.4 Å². The van der Waals surface area contributed by atoms with E-state index in [2.05, 4.69) is 5.32 Å². The van der Waals surface area contributed by atoms with Gasteiger partial charge in [0.2, 0.25) is 11.8 Å². The maximum absolute atomic E-state index is 14.0. The second-order valence-corrected chi connectivity index (χ2v) is 11.5. The van der Waals surface area contributed by atoms with Crippen LogP contribution < -0.4 is 9.62 Å². The largest absolute Gasteiger partial charge is 0.352 e.